The van der Waals surface area contributed by atoms with Gasteiger partial charge in [0.05, 0.1) is 5.69 Å². The molecule has 106 valence electrons. The van der Waals surface area contributed by atoms with Crippen LogP contribution in [0, 0.1) is 0 Å². The van der Waals surface area contributed by atoms with Crippen LogP contribution in [0.1, 0.15) is 12.6 Å². The zero-order valence-corrected chi connectivity index (χ0v) is 10.6. The molecular weight excluding hydrogens is 261 g/mol. The van der Waals surface area contributed by atoms with Gasteiger partial charge in [-0.1, -0.05) is 0 Å². The second-order valence-electron chi connectivity index (χ2n) is 4.22. The van der Waals surface area contributed by atoms with Crippen LogP contribution < -0.4 is 5.32 Å². The summed E-state index contributed by atoms with van der Waals surface area (Å²) in [5, 5.41) is 2.47. The van der Waals surface area contributed by atoms with Gasteiger partial charge in [0, 0.05) is 38.1 Å². The Hall–Kier alpha value is -1.86. The maximum atomic E-state index is 12.1. The number of amides is 2. The van der Waals surface area contributed by atoms with Crippen molar-refractivity contribution in [2.24, 2.45) is 0 Å². The van der Waals surface area contributed by atoms with Crippen LogP contribution in [0.4, 0.5) is 18.0 Å². The molecule has 1 aromatic heterocycles. The standard InChI is InChI=1S/C11H15F3N4O/c1-8(5-9-6-15-3-4-16-9)17-10(19)18(2)7-11(12,13)14/h3-4,6,8H,5,7H2,1-2H3,(H,17,19). The van der Waals surface area contributed by atoms with Crippen LogP contribution in [0.2, 0.25) is 0 Å². The van der Waals surface area contributed by atoms with Crippen molar-refractivity contribution in [2.75, 3.05) is 13.6 Å². The monoisotopic (exact) mass is 276 g/mol. The summed E-state index contributed by atoms with van der Waals surface area (Å²) in [5.74, 6) is 0. The molecule has 1 atom stereocenters. The summed E-state index contributed by atoms with van der Waals surface area (Å²) in [7, 11) is 1.10. The van der Waals surface area contributed by atoms with Crippen molar-refractivity contribution >= 4 is 6.03 Å². The Morgan fingerprint density at radius 2 is 2.16 bits per heavy atom. The molecule has 0 fully saturated rings. The van der Waals surface area contributed by atoms with Crippen molar-refractivity contribution in [1.29, 1.82) is 0 Å². The molecule has 1 rings (SSSR count). The van der Waals surface area contributed by atoms with Crippen molar-refractivity contribution in [2.45, 2.75) is 25.6 Å². The van der Waals surface area contributed by atoms with Gasteiger partial charge in [0.25, 0.3) is 0 Å². The molecule has 0 aromatic carbocycles. The van der Waals surface area contributed by atoms with E-state index in [0.29, 0.717) is 17.0 Å². The highest BCUT2D eigenvalue weighted by molar-refractivity contribution is 5.74. The first-order chi connectivity index (χ1) is 8.78. The molecule has 19 heavy (non-hydrogen) atoms. The molecule has 2 amide bonds. The van der Waals surface area contributed by atoms with E-state index < -0.39 is 18.8 Å². The average Bonchev–Trinajstić information content (AvgIpc) is 2.27. The summed E-state index contributed by atoms with van der Waals surface area (Å²) in [6, 6.07) is -1.10. The van der Waals surface area contributed by atoms with Crippen LogP contribution in [0.3, 0.4) is 0 Å². The molecule has 0 aliphatic heterocycles. The molecule has 0 aliphatic rings. The third kappa shape index (κ3) is 6.03. The number of carbonyl (C=O) groups is 1. The zero-order valence-electron chi connectivity index (χ0n) is 10.6. The van der Waals surface area contributed by atoms with E-state index in [1.165, 1.54) is 12.4 Å². The van der Waals surface area contributed by atoms with Crippen molar-refractivity contribution < 1.29 is 18.0 Å². The lowest BCUT2D eigenvalue weighted by Gasteiger charge is -2.22. The Balaban J connectivity index is 2.44. The Kier molecular flexibility index (Phi) is 5.08. The Morgan fingerprint density at radius 3 is 2.68 bits per heavy atom. The highest BCUT2D eigenvalue weighted by atomic mass is 19.4. The number of alkyl halides is 3. The van der Waals surface area contributed by atoms with Gasteiger partial charge in [0.2, 0.25) is 0 Å². The highest BCUT2D eigenvalue weighted by Crippen LogP contribution is 2.15. The van der Waals surface area contributed by atoms with Crippen LogP contribution in [-0.2, 0) is 6.42 Å². The van der Waals surface area contributed by atoms with E-state index in [-0.39, 0.29) is 6.04 Å². The highest BCUT2D eigenvalue weighted by Gasteiger charge is 2.31. The molecule has 0 bridgehead atoms. The first-order valence-corrected chi connectivity index (χ1v) is 5.61. The fraction of sp³-hybridized carbons (Fsp3) is 0.545. The lowest BCUT2D eigenvalue weighted by Crippen LogP contribution is -2.46. The number of nitrogens with zero attached hydrogens (tertiary/aromatic N) is 3. The van der Waals surface area contributed by atoms with Crippen molar-refractivity contribution in [3.8, 4) is 0 Å². The lowest BCUT2D eigenvalue weighted by atomic mass is 10.2. The SMILES string of the molecule is CC(Cc1cnccn1)NC(=O)N(C)CC(F)(F)F. The van der Waals surface area contributed by atoms with Gasteiger partial charge in [-0.25, -0.2) is 4.79 Å². The molecule has 1 heterocycles. The molecular formula is C11H15F3N4O. The molecule has 0 saturated carbocycles. The molecule has 0 aliphatic carbocycles. The normalized spacial score (nSPS) is 12.9. The van der Waals surface area contributed by atoms with Gasteiger partial charge in [0.1, 0.15) is 6.54 Å². The molecule has 8 heteroatoms. The first-order valence-electron chi connectivity index (χ1n) is 5.61. The van der Waals surface area contributed by atoms with E-state index in [1.54, 1.807) is 13.1 Å². The molecule has 1 aromatic rings. The van der Waals surface area contributed by atoms with Gasteiger partial charge < -0.3 is 10.2 Å². The number of hydrogen-bond donors (Lipinski definition) is 1. The predicted molar refractivity (Wildman–Crippen MR) is 62.4 cm³/mol. The second-order valence-corrected chi connectivity index (χ2v) is 4.22. The fourth-order valence-electron chi connectivity index (χ4n) is 1.46. The van der Waals surface area contributed by atoms with Crippen LogP contribution in [0.15, 0.2) is 18.6 Å². The van der Waals surface area contributed by atoms with Crippen molar-refractivity contribution in [3.63, 3.8) is 0 Å². The Bertz CT molecular complexity index is 410. The van der Waals surface area contributed by atoms with E-state index in [4.69, 9.17) is 0 Å². The maximum absolute atomic E-state index is 12.1. The summed E-state index contributed by atoms with van der Waals surface area (Å²) in [4.78, 5) is 20.0. The lowest BCUT2D eigenvalue weighted by molar-refractivity contribution is -0.137. The van der Waals surface area contributed by atoms with E-state index in [1.807, 2.05) is 0 Å². The molecule has 0 saturated heterocycles. The number of rotatable bonds is 4. The third-order valence-corrected chi connectivity index (χ3v) is 2.27. The Morgan fingerprint density at radius 1 is 1.47 bits per heavy atom. The first kappa shape index (κ1) is 15.2. The second kappa shape index (κ2) is 6.35. The molecule has 1 N–H and O–H groups in total. The number of halogens is 3. The minimum Gasteiger partial charge on any atom is -0.335 e. The van der Waals surface area contributed by atoms with Crippen LogP contribution in [0.25, 0.3) is 0 Å². The number of aromatic nitrogens is 2. The quantitative estimate of drug-likeness (QED) is 0.909. The van der Waals surface area contributed by atoms with E-state index in [9.17, 15) is 18.0 Å². The average molecular weight is 276 g/mol. The van der Waals surface area contributed by atoms with Gasteiger partial charge >= 0.3 is 12.2 Å². The summed E-state index contributed by atoms with van der Waals surface area (Å²) < 4.78 is 36.3. The van der Waals surface area contributed by atoms with Crippen LogP contribution in [-0.4, -0.2) is 46.7 Å². The summed E-state index contributed by atoms with van der Waals surface area (Å²) in [6.45, 7) is 0.407. The van der Waals surface area contributed by atoms with Crippen LogP contribution >= 0.6 is 0 Å². The summed E-state index contributed by atoms with van der Waals surface area (Å²) >= 11 is 0. The number of hydrogen-bond acceptors (Lipinski definition) is 3. The van der Waals surface area contributed by atoms with Crippen molar-refractivity contribution in [3.05, 3.63) is 24.3 Å². The van der Waals surface area contributed by atoms with Gasteiger partial charge in [-0.3, -0.25) is 9.97 Å². The van der Waals surface area contributed by atoms with Crippen molar-refractivity contribution in [1.82, 2.24) is 20.2 Å². The van der Waals surface area contributed by atoms with Gasteiger partial charge in [-0.05, 0) is 6.92 Å². The number of urea groups is 1. The predicted octanol–water partition coefficient (Wildman–Crippen LogP) is 1.61. The third-order valence-electron chi connectivity index (χ3n) is 2.27. The van der Waals surface area contributed by atoms with Gasteiger partial charge in [0.15, 0.2) is 0 Å². The van der Waals surface area contributed by atoms with Gasteiger partial charge in [-0.2, -0.15) is 13.2 Å². The van der Waals surface area contributed by atoms with Crippen LogP contribution in [0.5, 0.6) is 0 Å². The van der Waals surface area contributed by atoms with E-state index in [2.05, 4.69) is 15.3 Å². The molecule has 0 spiro atoms. The minimum atomic E-state index is -4.40. The molecule has 5 nitrogen and oxygen atoms in total. The topological polar surface area (TPSA) is 58.1 Å². The number of nitrogens with one attached hydrogen (secondary N) is 1. The summed E-state index contributed by atoms with van der Waals surface area (Å²) in [5.41, 5.74) is 0.661. The zero-order chi connectivity index (χ0) is 14.5. The molecule has 1 unspecified atom stereocenters. The summed E-state index contributed by atoms with van der Waals surface area (Å²) in [6.07, 6.45) is 0.575. The minimum absolute atomic E-state index is 0.333. The maximum Gasteiger partial charge on any atom is 0.406 e. The van der Waals surface area contributed by atoms with Gasteiger partial charge in [-0.15, -0.1) is 0 Å². The smallest absolute Gasteiger partial charge is 0.335 e. The number of carbonyl (C=O) groups excluding carboxylic acids is 1. The molecule has 0 radical (unpaired) electrons. The Labute approximate surface area is 108 Å². The largest absolute Gasteiger partial charge is 0.406 e. The van der Waals surface area contributed by atoms with E-state index in [0.717, 1.165) is 7.05 Å². The van der Waals surface area contributed by atoms with E-state index >= 15 is 0 Å². The fourth-order valence-corrected chi connectivity index (χ4v) is 1.46.